The Kier molecular flexibility index (Phi) is 2.60. The van der Waals surface area contributed by atoms with E-state index in [9.17, 15) is 4.79 Å². The maximum Gasteiger partial charge on any atom is 0.136 e. The van der Waals surface area contributed by atoms with Gasteiger partial charge in [-0.2, -0.15) is 0 Å². The molecule has 0 rings (SSSR count). The Bertz CT molecular complexity index is 61.1. The van der Waals surface area contributed by atoms with Crippen LogP contribution in [-0.4, -0.2) is 31.3 Å². The van der Waals surface area contributed by atoms with Crippen LogP contribution in [0.3, 0.4) is 0 Å². The van der Waals surface area contributed by atoms with Gasteiger partial charge in [0.05, 0.1) is 6.04 Å². The first-order valence-corrected chi connectivity index (χ1v) is 2.30. The SMILES string of the molecule is CC(C=O)N(C)C. The molecule has 0 amide bonds. The summed E-state index contributed by atoms with van der Waals surface area (Å²) < 4.78 is 0. The van der Waals surface area contributed by atoms with Crippen molar-refractivity contribution in [2.75, 3.05) is 14.1 Å². The van der Waals surface area contributed by atoms with Gasteiger partial charge in [-0.3, -0.25) is 0 Å². The van der Waals surface area contributed by atoms with Gasteiger partial charge in [0.25, 0.3) is 0 Å². The van der Waals surface area contributed by atoms with Gasteiger partial charge in [-0.05, 0) is 21.0 Å². The highest BCUT2D eigenvalue weighted by molar-refractivity contribution is 5.56. The predicted molar refractivity (Wildman–Crippen MR) is 29.2 cm³/mol. The highest BCUT2D eigenvalue weighted by atomic mass is 16.1. The zero-order valence-corrected chi connectivity index (χ0v) is 5.01. The van der Waals surface area contributed by atoms with Gasteiger partial charge < -0.3 is 9.69 Å². The van der Waals surface area contributed by atoms with Crippen molar-refractivity contribution >= 4 is 6.29 Å². The number of likely N-dealkylation sites (N-methyl/N-ethyl adjacent to an activating group) is 1. The molecule has 0 spiro atoms. The van der Waals surface area contributed by atoms with E-state index in [1.54, 1.807) is 0 Å². The normalized spacial score (nSPS) is 14.3. The summed E-state index contributed by atoms with van der Waals surface area (Å²) in [5.41, 5.74) is 0. The van der Waals surface area contributed by atoms with E-state index in [0.29, 0.717) is 0 Å². The third-order valence-corrected chi connectivity index (χ3v) is 1.01. The average molecular weight is 101 g/mol. The fraction of sp³-hybridized carbons (Fsp3) is 0.800. The number of hydrogen-bond donors (Lipinski definition) is 0. The molecule has 42 valence electrons. The molecule has 0 heterocycles. The summed E-state index contributed by atoms with van der Waals surface area (Å²) in [5.74, 6) is 0. The van der Waals surface area contributed by atoms with Crippen molar-refractivity contribution in [3.8, 4) is 0 Å². The minimum atomic E-state index is 0.0556. The van der Waals surface area contributed by atoms with E-state index in [4.69, 9.17) is 0 Å². The third kappa shape index (κ3) is 2.34. The van der Waals surface area contributed by atoms with Gasteiger partial charge in [-0.25, -0.2) is 0 Å². The molecule has 0 radical (unpaired) electrons. The molecule has 0 fully saturated rings. The summed E-state index contributed by atoms with van der Waals surface area (Å²) in [6.45, 7) is 1.85. The zero-order chi connectivity index (χ0) is 5.86. The van der Waals surface area contributed by atoms with Gasteiger partial charge >= 0.3 is 0 Å². The van der Waals surface area contributed by atoms with Crippen molar-refractivity contribution < 1.29 is 4.79 Å². The van der Waals surface area contributed by atoms with Crippen molar-refractivity contribution in [2.24, 2.45) is 0 Å². The Morgan fingerprint density at radius 1 is 1.57 bits per heavy atom. The van der Waals surface area contributed by atoms with Gasteiger partial charge in [0.2, 0.25) is 0 Å². The first-order chi connectivity index (χ1) is 3.18. The lowest BCUT2D eigenvalue weighted by atomic mass is 10.4. The second-order valence-corrected chi connectivity index (χ2v) is 1.84. The summed E-state index contributed by atoms with van der Waals surface area (Å²) in [6.07, 6.45) is 0.917. The Labute approximate surface area is 44.1 Å². The van der Waals surface area contributed by atoms with E-state index in [1.165, 1.54) is 0 Å². The van der Waals surface area contributed by atoms with E-state index in [0.717, 1.165) is 6.29 Å². The molecule has 0 aliphatic carbocycles. The fourth-order valence-electron chi connectivity index (χ4n) is 0.122. The molecule has 0 saturated carbocycles. The third-order valence-electron chi connectivity index (χ3n) is 1.01. The van der Waals surface area contributed by atoms with Crippen LogP contribution in [0.15, 0.2) is 0 Å². The van der Waals surface area contributed by atoms with Crippen LogP contribution in [0.4, 0.5) is 0 Å². The van der Waals surface area contributed by atoms with Gasteiger partial charge in [-0.15, -0.1) is 0 Å². The zero-order valence-electron chi connectivity index (χ0n) is 5.01. The second kappa shape index (κ2) is 2.75. The monoisotopic (exact) mass is 101 g/mol. The Morgan fingerprint density at radius 3 is 2.00 bits per heavy atom. The molecule has 0 aromatic rings. The van der Waals surface area contributed by atoms with Crippen LogP contribution in [0, 0.1) is 0 Å². The lowest BCUT2D eigenvalue weighted by molar-refractivity contribution is -0.111. The Balaban J connectivity index is 3.33. The van der Waals surface area contributed by atoms with E-state index in [2.05, 4.69) is 0 Å². The minimum absolute atomic E-state index is 0.0556. The van der Waals surface area contributed by atoms with Gasteiger partial charge in [0.15, 0.2) is 0 Å². The number of carbonyl (C=O) groups is 1. The van der Waals surface area contributed by atoms with Crippen LogP contribution in [0.2, 0.25) is 0 Å². The topological polar surface area (TPSA) is 20.3 Å². The largest absolute Gasteiger partial charge is 0.302 e. The molecule has 0 aromatic heterocycles. The molecule has 0 N–H and O–H groups in total. The Hall–Kier alpha value is -0.370. The summed E-state index contributed by atoms with van der Waals surface area (Å²) in [5, 5.41) is 0. The van der Waals surface area contributed by atoms with E-state index in [1.807, 2.05) is 25.9 Å². The minimum Gasteiger partial charge on any atom is -0.302 e. The molecule has 0 aliphatic heterocycles. The smallest absolute Gasteiger partial charge is 0.136 e. The second-order valence-electron chi connectivity index (χ2n) is 1.84. The van der Waals surface area contributed by atoms with Crippen LogP contribution in [0.5, 0.6) is 0 Å². The van der Waals surface area contributed by atoms with Gasteiger partial charge in [0, 0.05) is 0 Å². The summed E-state index contributed by atoms with van der Waals surface area (Å²) >= 11 is 0. The maximum absolute atomic E-state index is 9.90. The summed E-state index contributed by atoms with van der Waals surface area (Å²) in [4.78, 5) is 11.8. The number of aldehydes is 1. The van der Waals surface area contributed by atoms with Crippen molar-refractivity contribution in [1.82, 2.24) is 4.90 Å². The highest BCUT2D eigenvalue weighted by Gasteiger charge is 1.97. The van der Waals surface area contributed by atoms with Crippen molar-refractivity contribution in [3.05, 3.63) is 0 Å². The van der Waals surface area contributed by atoms with Crippen molar-refractivity contribution in [2.45, 2.75) is 13.0 Å². The first kappa shape index (κ1) is 6.63. The van der Waals surface area contributed by atoms with E-state index < -0.39 is 0 Å². The van der Waals surface area contributed by atoms with Crippen LogP contribution in [-0.2, 0) is 4.79 Å². The lowest BCUT2D eigenvalue weighted by Gasteiger charge is -2.11. The molecule has 0 saturated heterocycles. The van der Waals surface area contributed by atoms with Crippen LogP contribution >= 0.6 is 0 Å². The highest BCUT2D eigenvalue weighted by Crippen LogP contribution is 1.82. The van der Waals surface area contributed by atoms with Gasteiger partial charge in [0.1, 0.15) is 6.29 Å². The first-order valence-electron chi connectivity index (χ1n) is 2.30. The molecule has 0 aromatic carbocycles. The standard InChI is InChI=1S/C5H11NO/c1-5(4-7)6(2)3/h4-5H,1-3H3. The molecule has 1 atom stereocenters. The fourth-order valence-corrected chi connectivity index (χ4v) is 0.122. The van der Waals surface area contributed by atoms with E-state index in [-0.39, 0.29) is 6.04 Å². The van der Waals surface area contributed by atoms with Crippen molar-refractivity contribution in [3.63, 3.8) is 0 Å². The summed E-state index contributed by atoms with van der Waals surface area (Å²) in [6, 6.07) is 0.0556. The molecular weight excluding hydrogens is 90.1 g/mol. The van der Waals surface area contributed by atoms with Crippen molar-refractivity contribution in [1.29, 1.82) is 0 Å². The van der Waals surface area contributed by atoms with E-state index >= 15 is 0 Å². The van der Waals surface area contributed by atoms with Crippen LogP contribution in [0.25, 0.3) is 0 Å². The molecular formula is C5H11NO. The van der Waals surface area contributed by atoms with Crippen LogP contribution < -0.4 is 0 Å². The number of nitrogens with zero attached hydrogens (tertiary/aromatic N) is 1. The number of rotatable bonds is 2. The molecule has 0 aliphatic rings. The molecule has 7 heavy (non-hydrogen) atoms. The predicted octanol–water partition coefficient (Wildman–Crippen LogP) is 0.135. The quantitative estimate of drug-likeness (QED) is 0.461. The van der Waals surface area contributed by atoms with Gasteiger partial charge in [-0.1, -0.05) is 0 Å². The maximum atomic E-state index is 9.90. The molecule has 2 nitrogen and oxygen atoms in total. The number of hydrogen-bond acceptors (Lipinski definition) is 2. The lowest BCUT2D eigenvalue weighted by Crippen LogP contribution is -2.25. The average Bonchev–Trinajstić information content (AvgIpc) is 1.65. The molecule has 2 heteroatoms. The summed E-state index contributed by atoms with van der Waals surface area (Å²) in [7, 11) is 3.75. The van der Waals surface area contributed by atoms with Crippen LogP contribution in [0.1, 0.15) is 6.92 Å². The molecule has 1 unspecified atom stereocenters. The number of carbonyl (C=O) groups excluding carboxylic acids is 1. The Morgan fingerprint density at radius 2 is 2.00 bits per heavy atom. The molecule has 0 bridgehead atoms.